The van der Waals surface area contributed by atoms with E-state index in [1.807, 2.05) is 0 Å². The second-order valence-electron chi connectivity index (χ2n) is 6.10. The molecule has 0 aromatic carbocycles. The zero-order chi connectivity index (χ0) is 16.4. The van der Waals surface area contributed by atoms with Crippen LogP contribution in [0.5, 0.6) is 0 Å². The lowest BCUT2D eigenvalue weighted by Gasteiger charge is -2.28. The largest absolute Gasteiger partial charge is 0.330 e. The summed E-state index contributed by atoms with van der Waals surface area (Å²) in [4.78, 5) is 26.6. The van der Waals surface area contributed by atoms with Gasteiger partial charge in [0.1, 0.15) is 0 Å². The van der Waals surface area contributed by atoms with Crippen LogP contribution in [0.4, 0.5) is 0 Å². The third-order valence-corrected chi connectivity index (χ3v) is 5.14. The molecule has 2 aromatic heterocycles. The Bertz CT molecular complexity index is 772. The highest BCUT2D eigenvalue weighted by Gasteiger charge is 2.24. The van der Waals surface area contributed by atoms with Gasteiger partial charge in [-0.1, -0.05) is 0 Å². The molecule has 0 unspecified atom stereocenters. The molecule has 1 atom stereocenters. The topological polar surface area (TPSA) is 59.3 Å². The van der Waals surface area contributed by atoms with Crippen molar-refractivity contribution >= 4 is 11.3 Å². The van der Waals surface area contributed by atoms with Gasteiger partial charge >= 0.3 is 5.69 Å². The molecule has 1 fully saturated rings. The van der Waals surface area contributed by atoms with Crippen LogP contribution in [0.3, 0.4) is 0 Å². The summed E-state index contributed by atoms with van der Waals surface area (Å²) in [5, 5.41) is 7.61. The molecule has 0 saturated carbocycles. The Labute approximate surface area is 139 Å². The van der Waals surface area contributed by atoms with Gasteiger partial charge < -0.3 is 9.88 Å². The van der Waals surface area contributed by atoms with E-state index in [9.17, 15) is 9.59 Å². The monoisotopic (exact) mass is 334 g/mol. The Morgan fingerprint density at radius 1 is 1.35 bits per heavy atom. The van der Waals surface area contributed by atoms with Crippen molar-refractivity contribution in [2.24, 2.45) is 14.1 Å². The summed E-state index contributed by atoms with van der Waals surface area (Å²) < 4.78 is 2.66. The summed E-state index contributed by atoms with van der Waals surface area (Å²) >= 11 is 1.69. The molecule has 0 aliphatic carbocycles. The molecule has 3 heterocycles. The number of nitrogens with zero attached hydrogens (tertiary/aromatic N) is 3. The van der Waals surface area contributed by atoms with E-state index in [4.69, 9.17) is 0 Å². The van der Waals surface area contributed by atoms with Crippen molar-refractivity contribution < 1.29 is 0 Å². The van der Waals surface area contributed by atoms with Crippen LogP contribution in [-0.4, -0.2) is 33.2 Å². The van der Waals surface area contributed by atoms with Gasteiger partial charge in [0.15, 0.2) is 0 Å². The van der Waals surface area contributed by atoms with Gasteiger partial charge in [-0.25, -0.2) is 4.79 Å². The predicted octanol–water partition coefficient (Wildman–Crippen LogP) is 0.510. The first-order chi connectivity index (χ1) is 11.1. The molecular formula is C16H22N4O2S. The third kappa shape index (κ3) is 3.46. The van der Waals surface area contributed by atoms with E-state index in [1.54, 1.807) is 24.6 Å². The average Bonchev–Trinajstić information content (AvgIpc) is 3.22. The molecule has 1 aliphatic rings. The van der Waals surface area contributed by atoms with E-state index in [0.717, 1.165) is 26.1 Å². The zero-order valence-electron chi connectivity index (χ0n) is 13.5. The summed E-state index contributed by atoms with van der Waals surface area (Å²) in [7, 11) is 3.22. The minimum absolute atomic E-state index is 0.200. The fraction of sp³-hybridized carbons (Fsp3) is 0.500. The molecule has 2 aromatic rings. The molecule has 23 heavy (non-hydrogen) atoms. The number of aromatic nitrogens is 2. The van der Waals surface area contributed by atoms with Gasteiger partial charge in [-0.3, -0.25) is 14.3 Å². The molecule has 1 saturated heterocycles. The summed E-state index contributed by atoms with van der Waals surface area (Å²) in [6.45, 7) is 3.33. The molecule has 0 bridgehead atoms. The van der Waals surface area contributed by atoms with Gasteiger partial charge in [-0.15, -0.1) is 0 Å². The number of aryl methyl sites for hydroxylation is 1. The zero-order valence-corrected chi connectivity index (χ0v) is 14.3. The van der Waals surface area contributed by atoms with E-state index in [2.05, 4.69) is 27.0 Å². The Kier molecular flexibility index (Phi) is 4.79. The van der Waals surface area contributed by atoms with Crippen LogP contribution in [0.2, 0.25) is 0 Å². The van der Waals surface area contributed by atoms with Crippen LogP contribution >= 0.6 is 11.3 Å². The lowest BCUT2D eigenvalue weighted by molar-refractivity contribution is 0.188. The van der Waals surface area contributed by atoms with E-state index in [-0.39, 0.29) is 11.2 Å². The molecule has 124 valence electrons. The van der Waals surface area contributed by atoms with Crippen LogP contribution in [0, 0.1) is 0 Å². The van der Waals surface area contributed by atoms with E-state index in [0.29, 0.717) is 18.2 Å². The summed E-state index contributed by atoms with van der Waals surface area (Å²) in [6, 6.07) is 2.54. The third-order valence-electron chi connectivity index (χ3n) is 4.41. The molecule has 1 aliphatic heterocycles. The highest BCUT2D eigenvalue weighted by atomic mass is 32.1. The van der Waals surface area contributed by atoms with Crippen molar-refractivity contribution in [1.29, 1.82) is 0 Å². The molecular weight excluding hydrogens is 312 g/mol. The molecule has 0 spiro atoms. The van der Waals surface area contributed by atoms with Gasteiger partial charge in [0.05, 0.1) is 0 Å². The fourth-order valence-electron chi connectivity index (χ4n) is 3.09. The fourth-order valence-corrected chi connectivity index (χ4v) is 3.75. The number of nitrogens with one attached hydrogen (secondary N) is 1. The van der Waals surface area contributed by atoms with Crippen molar-refractivity contribution in [2.45, 2.75) is 25.6 Å². The smallest absolute Gasteiger partial charge is 0.315 e. The number of hydrogen-bond acceptors (Lipinski definition) is 5. The quantitative estimate of drug-likeness (QED) is 0.866. The van der Waals surface area contributed by atoms with Crippen molar-refractivity contribution in [3.8, 4) is 0 Å². The van der Waals surface area contributed by atoms with Crippen LogP contribution < -0.4 is 16.6 Å². The van der Waals surface area contributed by atoms with Gasteiger partial charge in [0, 0.05) is 51.5 Å². The molecule has 6 nitrogen and oxygen atoms in total. The lowest BCUT2D eigenvalue weighted by Crippen LogP contribution is -2.42. The molecule has 3 rings (SSSR count). The average molecular weight is 334 g/mol. The van der Waals surface area contributed by atoms with E-state index >= 15 is 0 Å². The van der Waals surface area contributed by atoms with Crippen molar-refractivity contribution in [3.63, 3.8) is 0 Å². The SMILES string of the molecule is Cn1cc(CN(Cc2ccsc2)[C@H]2CCNC2)c(=O)n(C)c1=O. The predicted molar refractivity (Wildman–Crippen MR) is 91.8 cm³/mol. The maximum absolute atomic E-state index is 12.4. The summed E-state index contributed by atoms with van der Waals surface area (Å²) in [5.74, 6) is 0. The highest BCUT2D eigenvalue weighted by Crippen LogP contribution is 2.17. The van der Waals surface area contributed by atoms with Gasteiger partial charge in [0.25, 0.3) is 5.56 Å². The van der Waals surface area contributed by atoms with Crippen molar-refractivity contribution in [2.75, 3.05) is 13.1 Å². The molecule has 0 radical (unpaired) electrons. The molecule has 1 N–H and O–H groups in total. The standard InChI is InChI=1S/C16H22N4O2S/c1-18-9-13(15(21)19(2)16(18)22)10-20(14-3-5-17-7-14)8-12-4-6-23-11-12/h4,6,9,11,14,17H,3,5,7-8,10H2,1-2H3/t14-/m0/s1. The van der Waals surface area contributed by atoms with Crippen LogP contribution in [0.1, 0.15) is 17.5 Å². The maximum atomic E-state index is 12.4. The number of thiophene rings is 1. The summed E-state index contributed by atoms with van der Waals surface area (Å²) in [6.07, 6.45) is 2.75. The van der Waals surface area contributed by atoms with Gasteiger partial charge in [-0.2, -0.15) is 11.3 Å². The minimum Gasteiger partial charge on any atom is -0.315 e. The second kappa shape index (κ2) is 6.82. The lowest BCUT2D eigenvalue weighted by atomic mass is 10.1. The minimum atomic E-state index is -0.286. The van der Waals surface area contributed by atoms with Crippen LogP contribution in [0.15, 0.2) is 32.6 Å². The Morgan fingerprint density at radius 2 is 2.17 bits per heavy atom. The first kappa shape index (κ1) is 16.2. The first-order valence-electron chi connectivity index (χ1n) is 7.77. The maximum Gasteiger partial charge on any atom is 0.330 e. The van der Waals surface area contributed by atoms with Gasteiger partial charge in [0.2, 0.25) is 0 Å². The number of hydrogen-bond donors (Lipinski definition) is 1. The van der Waals surface area contributed by atoms with Crippen LogP contribution in [-0.2, 0) is 27.2 Å². The Morgan fingerprint density at radius 3 is 2.83 bits per heavy atom. The van der Waals surface area contributed by atoms with Gasteiger partial charge in [-0.05, 0) is 35.4 Å². The molecule has 7 heteroatoms. The first-order valence-corrected chi connectivity index (χ1v) is 8.72. The summed E-state index contributed by atoms with van der Waals surface area (Å²) in [5.41, 5.74) is 1.44. The van der Waals surface area contributed by atoms with Crippen LogP contribution in [0.25, 0.3) is 0 Å². The van der Waals surface area contributed by atoms with E-state index in [1.165, 1.54) is 21.7 Å². The molecule has 0 amide bonds. The van der Waals surface area contributed by atoms with Crippen molar-refractivity contribution in [1.82, 2.24) is 19.4 Å². The second-order valence-corrected chi connectivity index (χ2v) is 6.88. The normalized spacial score (nSPS) is 18.0. The Balaban J connectivity index is 1.89. The Hall–Kier alpha value is -1.70. The van der Waals surface area contributed by atoms with Crippen molar-refractivity contribution in [3.05, 3.63) is 55.0 Å². The number of rotatable bonds is 5. The highest BCUT2D eigenvalue weighted by molar-refractivity contribution is 7.07. The van der Waals surface area contributed by atoms with E-state index < -0.39 is 0 Å².